The molecule has 1 aliphatic rings. The van der Waals surface area contributed by atoms with Gasteiger partial charge < -0.3 is 0 Å². The number of likely N-dealkylation sites (tertiary alicyclic amines) is 1. The second-order valence-electron chi connectivity index (χ2n) is 3.87. The zero-order chi connectivity index (χ0) is 10.7. The van der Waals surface area contributed by atoms with E-state index in [0.717, 1.165) is 5.56 Å². The number of nitrogens with zero attached hydrogens (tertiary/aromatic N) is 3. The largest absolute Gasteiger partial charge is 0.293 e. The summed E-state index contributed by atoms with van der Waals surface area (Å²) in [5, 5.41) is 0. The highest BCUT2D eigenvalue weighted by Gasteiger charge is 2.26. The molecule has 1 saturated heterocycles. The molecule has 0 amide bonds. The molecule has 0 aliphatic carbocycles. The Hall–Kier alpha value is -1.10. The molecule has 2 heterocycles. The summed E-state index contributed by atoms with van der Waals surface area (Å²) >= 11 is 0. The molecule has 2 rings (SSSR count). The Morgan fingerprint density at radius 1 is 1.20 bits per heavy atom. The molecule has 0 bridgehead atoms. The summed E-state index contributed by atoms with van der Waals surface area (Å²) in [5.41, 5.74) is 0.888. The van der Waals surface area contributed by atoms with E-state index in [0.29, 0.717) is 19.6 Å². The molecule has 0 radical (unpaired) electrons. The van der Waals surface area contributed by atoms with Gasteiger partial charge in [-0.25, -0.2) is 18.7 Å². The summed E-state index contributed by atoms with van der Waals surface area (Å²) in [6.07, 6.45) is 2.69. The van der Waals surface area contributed by atoms with Gasteiger partial charge in [0.1, 0.15) is 18.7 Å². The minimum absolute atomic E-state index is 0.0296. The van der Waals surface area contributed by atoms with Crippen LogP contribution in [0.15, 0.2) is 18.7 Å². The molecule has 1 aromatic heterocycles. The number of aromatic nitrogens is 2. The van der Waals surface area contributed by atoms with Gasteiger partial charge in [-0.2, -0.15) is 0 Å². The van der Waals surface area contributed by atoms with Crippen molar-refractivity contribution in [1.82, 2.24) is 14.9 Å². The van der Waals surface area contributed by atoms with Gasteiger partial charge in [-0.15, -0.1) is 0 Å². The van der Waals surface area contributed by atoms with Crippen LogP contribution in [-0.4, -0.2) is 40.3 Å². The Bertz CT molecular complexity index is 297. The van der Waals surface area contributed by atoms with E-state index < -0.39 is 12.3 Å². The monoisotopic (exact) mass is 213 g/mol. The summed E-state index contributed by atoms with van der Waals surface area (Å²) in [7, 11) is 0. The topological polar surface area (TPSA) is 29.0 Å². The van der Waals surface area contributed by atoms with Crippen molar-refractivity contribution >= 4 is 0 Å². The molecule has 1 fully saturated rings. The molecular weight excluding hydrogens is 200 g/mol. The third-order valence-electron chi connectivity index (χ3n) is 2.44. The maximum Gasteiger partial charge on any atom is 0.116 e. The van der Waals surface area contributed by atoms with Crippen LogP contribution < -0.4 is 0 Å². The molecule has 15 heavy (non-hydrogen) atoms. The Kier molecular flexibility index (Phi) is 3.20. The lowest BCUT2D eigenvalue weighted by molar-refractivity contribution is 0.0694. The maximum atomic E-state index is 13.1. The van der Waals surface area contributed by atoms with E-state index >= 15 is 0 Å². The van der Waals surface area contributed by atoms with Crippen LogP contribution in [0.2, 0.25) is 0 Å². The van der Waals surface area contributed by atoms with Gasteiger partial charge in [0, 0.05) is 44.0 Å². The molecule has 82 valence electrons. The number of hydrogen-bond acceptors (Lipinski definition) is 3. The Morgan fingerprint density at radius 2 is 1.80 bits per heavy atom. The van der Waals surface area contributed by atoms with Crippen LogP contribution in [0, 0.1) is 0 Å². The van der Waals surface area contributed by atoms with Crippen molar-refractivity contribution in [2.45, 2.75) is 25.3 Å². The summed E-state index contributed by atoms with van der Waals surface area (Å²) in [6.45, 7) is 1.12. The van der Waals surface area contributed by atoms with Crippen LogP contribution in [0.4, 0.5) is 8.78 Å². The van der Waals surface area contributed by atoms with Gasteiger partial charge >= 0.3 is 0 Å². The van der Waals surface area contributed by atoms with Gasteiger partial charge in [-0.05, 0) is 0 Å². The summed E-state index contributed by atoms with van der Waals surface area (Å²) < 4.78 is 26.1. The molecule has 0 spiro atoms. The Labute approximate surface area is 87.1 Å². The van der Waals surface area contributed by atoms with E-state index in [9.17, 15) is 8.78 Å². The minimum atomic E-state index is -1.06. The van der Waals surface area contributed by atoms with Gasteiger partial charge in [0.25, 0.3) is 0 Å². The van der Waals surface area contributed by atoms with E-state index in [-0.39, 0.29) is 6.42 Å². The van der Waals surface area contributed by atoms with Crippen LogP contribution in [0.1, 0.15) is 12.0 Å². The van der Waals surface area contributed by atoms with Crippen molar-refractivity contribution < 1.29 is 8.78 Å². The molecule has 1 aromatic rings. The van der Waals surface area contributed by atoms with E-state index in [4.69, 9.17) is 0 Å². The molecule has 2 atom stereocenters. The molecule has 0 N–H and O–H groups in total. The lowest BCUT2D eigenvalue weighted by Gasteiger charge is -2.30. The van der Waals surface area contributed by atoms with Crippen molar-refractivity contribution in [2.75, 3.05) is 13.1 Å². The highest BCUT2D eigenvalue weighted by molar-refractivity contribution is 5.02. The highest BCUT2D eigenvalue weighted by atomic mass is 19.1. The third kappa shape index (κ3) is 2.92. The van der Waals surface area contributed by atoms with Gasteiger partial charge in [0.2, 0.25) is 0 Å². The normalized spacial score (nSPS) is 27.9. The molecule has 1 aliphatic heterocycles. The van der Waals surface area contributed by atoms with Crippen LogP contribution in [0.3, 0.4) is 0 Å². The smallest absolute Gasteiger partial charge is 0.116 e. The van der Waals surface area contributed by atoms with Gasteiger partial charge in [-0.3, -0.25) is 4.90 Å². The zero-order valence-corrected chi connectivity index (χ0v) is 8.31. The van der Waals surface area contributed by atoms with Crippen molar-refractivity contribution in [2.24, 2.45) is 0 Å². The van der Waals surface area contributed by atoms with Crippen LogP contribution in [0.5, 0.6) is 0 Å². The highest BCUT2D eigenvalue weighted by Crippen LogP contribution is 2.17. The van der Waals surface area contributed by atoms with E-state index in [1.807, 2.05) is 0 Å². The fourth-order valence-electron chi connectivity index (χ4n) is 1.86. The van der Waals surface area contributed by atoms with Crippen LogP contribution in [0.25, 0.3) is 0 Å². The molecule has 0 saturated carbocycles. The van der Waals surface area contributed by atoms with Crippen LogP contribution in [-0.2, 0) is 6.54 Å². The molecule has 3 nitrogen and oxygen atoms in total. The Balaban J connectivity index is 1.94. The first-order valence-corrected chi connectivity index (χ1v) is 4.98. The number of alkyl halides is 2. The van der Waals surface area contributed by atoms with E-state index in [2.05, 4.69) is 9.97 Å². The van der Waals surface area contributed by atoms with Crippen molar-refractivity contribution in [3.8, 4) is 0 Å². The van der Waals surface area contributed by atoms with E-state index in [1.165, 1.54) is 6.33 Å². The number of piperidine rings is 1. The standard InChI is InChI=1S/C10H13F2N3/c11-9-1-10(12)6-15(5-9)4-8-2-13-7-14-3-8/h2-3,7,9-10H,1,4-6H2/t9-,10+. The summed E-state index contributed by atoms with van der Waals surface area (Å²) in [4.78, 5) is 9.49. The number of rotatable bonds is 2. The third-order valence-corrected chi connectivity index (χ3v) is 2.44. The van der Waals surface area contributed by atoms with Crippen molar-refractivity contribution in [1.29, 1.82) is 0 Å². The van der Waals surface area contributed by atoms with Crippen molar-refractivity contribution in [3.05, 3.63) is 24.3 Å². The predicted molar refractivity (Wildman–Crippen MR) is 51.7 cm³/mol. The lowest BCUT2D eigenvalue weighted by atomic mass is 10.1. The lowest BCUT2D eigenvalue weighted by Crippen LogP contribution is -2.42. The van der Waals surface area contributed by atoms with Crippen LogP contribution >= 0.6 is 0 Å². The molecule has 0 unspecified atom stereocenters. The zero-order valence-electron chi connectivity index (χ0n) is 8.31. The van der Waals surface area contributed by atoms with Crippen molar-refractivity contribution in [3.63, 3.8) is 0 Å². The fraction of sp³-hybridized carbons (Fsp3) is 0.600. The number of hydrogen-bond donors (Lipinski definition) is 0. The second-order valence-corrected chi connectivity index (χ2v) is 3.87. The second kappa shape index (κ2) is 4.61. The average molecular weight is 213 g/mol. The number of halogens is 2. The van der Waals surface area contributed by atoms with E-state index in [1.54, 1.807) is 17.3 Å². The first-order valence-electron chi connectivity index (χ1n) is 4.98. The Morgan fingerprint density at radius 3 is 2.40 bits per heavy atom. The molecular formula is C10H13F2N3. The molecule has 5 heteroatoms. The summed E-state index contributed by atoms with van der Waals surface area (Å²) in [6, 6.07) is 0. The fourth-order valence-corrected chi connectivity index (χ4v) is 1.86. The van der Waals surface area contributed by atoms with Gasteiger partial charge in [-0.1, -0.05) is 0 Å². The SMILES string of the molecule is F[C@@H]1C[C@H](F)CN(Cc2cncnc2)C1. The first-order chi connectivity index (χ1) is 7.24. The minimum Gasteiger partial charge on any atom is -0.293 e. The van der Waals surface area contributed by atoms with Gasteiger partial charge in [0.15, 0.2) is 0 Å². The predicted octanol–water partition coefficient (Wildman–Crippen LogP) is 1.36. The average Bonchev–Trinajstić information content (AvgIpc) is 2.17. The first kappa shape index (κ1) is 10.4. The van der Waals surface area contributed by atoms with Gasteiger partial charge in [0.05, 0.1) is 0 Å². The summed E-state index contributed by atoms with van der Waals surface area (Å²) in [5.74, 6) is 0. The maximum absolute atomic E-state index is 13.1. The molecule has 0 aromatic carbocycles. The quantitative estimate of drug-likeness (QED) is 0.742.